The molecule has 1 heterocycles. The van der Waals surface area contributed by atoms with Gasteiger partial charge in [-0.05, 0) is 7.05 Å². The minimum atomic E-state index is -0.0501. The number of hydrogen-bond donors (Lipinski definition) is 1. The first kappa shape index (κ1) is 11.9. The standard InChI is InChI=1S/C11H19N3O/c1-11(2,3)10-13-7-8(6-12-4)9(14-10)15-5/h7,12H,6H2,1-5H3. The molecule has 0 unspecified atom stereocenters. The van der Waals surface area contributed by atoms with Crippen molar-refractivity contribution in [1.82, 2.24) is 15.3 Å². The fraction of sp³-hybridized carbons (Fsp3) is 0.636. The maximum atomic E-state index is 5.24. The van der Waals surface area contributed by atoms with Crippen LogP contribution in [0.5, 0.6) is 5.88 Å². The Morgan fingerprint density at radius 2 is 2.07 bits per heavy atom. The molecule has 0 aliphatic carbocycles. The van der Waals surface area contributed by atoms with Crippen LogP contribution >= 0.6 is 0 Å². The van der Waals surface area contributed by atoms with Crippen LogP contribution in [0.4, 0.5) is 0 Å². The monoisotopic (exact) mass is 209 g/mol. The lowest BCUT2D eigenvalue weighted by atomic mass is 9.96. The van der Waals surface area contributed by atoms with E-state index in [0.717, 1.165) is 11.4 Å². The second-order valence-corrected chi connectivity index (χ2v) is 4.51. The smallest absolute Gasteiger partial charge is 0.220 e. The molecule has 0 atom stereocenters. The Kier molecular flexibility index (Phi) is 3.63. The summed E-state index contributed by atoms with van der Waals surface area (Å²) in [7, 11) is 3.52. The Bertz CT molecular complexity index is 331. The van der Waals surface area contributed by atoms with Crippen molar-refractivity contribution in [3.63, 3.8) is 0 Å². The van der Waals surface area contributed by atoms with Crippen molar-refractivity contribution in [3.8, 4) is 5.88 Å². The van der Waals surface area contributed by atoms with Gasteiger partial charge in [-0.25, -0.2) is 4.98 Å². The van der Waals surface area contributed by atoms with Crippen LogP contribution < -0.4 is 10.1 Å². The third-order valence-corrected chi connectivity index (χ3v) is 2.06. The Hall–Kier alpha value is -1.16. The largest absolute Gasteiger partial charge is 0.481 e. The Morgan fingerprint density at radius 3 is 2.53 bits per heavy atom. The van der Waals surface area contributed by atoms with E-state index in [1.807, 2.05) is 13.2 Å². The molecular weight excluding hydrogens is 190 g/mol. The van der Waals surface area contributed by atoms with Gasteiger partial charge in [0.15, 0.2) is 0 Å². The van der Waals surface area contributed by atoms with Gasteiger partial charge in [-0.15, -0.1) is 0 Å². The van der Waals surface area contributed by atoms with Crippen molar-refractivity contribution in [1.29, 1.82) is 0 Å². The van der Waals surface area contributed by atoms with Gasteiger partial charge < -0.3 is 10.1 Å². The van der Waals surface area contributed by atoms with E-state index in [-0.39, 0.29) is 5.41 Å². The van der Waals surface area contributed by atoms with Crippen molar-refractivity contribution in [3.05, 3.63) is 17.6 Å². The van der Waals surface area contributed by atoms with Gasteiger partial charge in [0, 0.05) is 23.7 Å². The number of nitrogens with one attached hydrogen (secondary N) is 1. The number of aromatic nitrogens is 2. The first-order chi connectivity index (χ1) is 6.99. The van der Waals surface area contributed by atoms with Gasteiger partial charge in [-0.3, -0.25) is 0 Å². The highest BCUT2D eigenvalue weighted by molar-refractivity contribution is 5.25. The second kappa shape index (κ2) is 4.57. The molecule has 0 saturated heterocycles. The average Bonchev–Trinajstić information content (AvgIpc) is 2.17. The lowest BCUT2D eigenvalue weighted by molar-refractivity contribution is 0.382. The lowest BCUT2D eigenvalue weighted by Crippen LogP contribution is -2.18. The average molecular weight is 209 g/mol. The summed E-state index contributed by atoms with van der Waals surface area (Å²) < 4.78 is 5.24. The minimum absolute atomic E-state index is 0.0501. The molecule has 0 bridgehead atoms. The predicted molar refractivity (Wildman–Crippen MR) is 60.0 cm³/mol. The van der Waals surface area contributed by atoms with E-state index in [1.165, 1.54) is 0 Å². The summed E-state index contributed by atoms with van der Waals surface area (Å²) in [6, 6.07) is 0. The third-order valence-electron chi connectivity index (χ3n) is 2.06. The van der Waals surface area contributed by atoms with Gasteiger partial charge in [0.05, 0.1) is 7.11 Å². The van der Waals surface area contributed by atoms with E-state index in [1.54, 1.807) is 7.11 Å². The quantitative estimate of drug-likeness (QED) is 0.819. The molecule has 4 heteroatoms. The molecule has 0 aliphatic heterocycles. The van der Waals surface area contributed by atoms with E-state index < -0.39 is 0 Å². The molecule has 1 N–H and O–H groups in total. The molecular formula is C11H19N3O. The second-order valence-electron chi connectivity index (χ2n) is 4.51. The SMILES string of the molecule is CNCc1cnc(C(C)(C)C)nc1OC. The highest BCUT2D eigenvalue weighted by Gasteiger charge is 2.19. The van der Waals surface area contributed by atoms with Gasteiger partial charge in [-0.2, -0.15) is 4.98 Å². The molecule has 1 aromatic heterocycles. The highest BCUT2D eigenvalue weighted by atomic mass is 16.5. The van der Waals surface area contributed by atoms with Gasteiger partial charge in [0.2, 0.25) is 5.88 Å². The number of nitrogens with zero attached hydrogens (tertiary/aromatic N) is 2. The Morgan fingerprint density at radius 1 is 1.40 bits per heavy atom. The summed E-state index contributed by atoms with van der Waals surface area (Å²) in [5.74, 6) is 1.46. The summed E-state index contributed by atoms with van der Waals surface area (Å²) in [5.41, 5.74) is 0.929. The summed E-state index contributed by atoms with van der Waals surface area (Å²) in [4.78, 5) is 8.75. The first-order valence-electron chi connectivity index (χ1n) is 5.04. The molecule has 1 rings (SSSR count). The minimum Gasteiger partial charge on any atom is -0.481 e. The van der Waals surface area contributed by atoms with Crippen LogP contribution in [0.3, 0.4) is 0 Å². The fourth-order valence-electron chi connectivity index (χ4n) is 1.24. The molecule has 0 aliphatic rings. The molecule has 0 aromatic carbocycles. The molecule has 1 aromatic rings. The molecule has 0 spiro atoms. The van der Waals surface area contributed by atoms with Crippen LogP contribution in [-0.4, -0.2) is 24.1 Å². The molecule has 4 nitrogen and oxygen atoms in total. The van der Waals surface area contributed by atoms with Crippen molar-refractivity contribution >= 4 is 0 Å². The molecule has 0 radical (unpaired) electrons. The fourth-order valence-corrected chi connectivity index (χ4v) is 1.24. The molecule has 0 saturated carbocycles. The van der Waals surface area contributed by atoms with Crippen molar-refractivity contribution in [2.24, 2.45) is 0 Å². The van der Waals surface area contributed by atoms with Gasteiger partial charge in [0.1, 0.15) is 5.82 Å². The van der Waals surface area contributed by atoms with E-state index in [2.05, 4.69) is 36.1 Å². The van der Waals surface area contributed by atoms with Crippen LogP contribution in [0, 0.1) is 0 Å². The molecule has 84 valence electrons. The third kappa shape index (κ3) is 2.89. The Labute approximate surface area is 91.1 Å². The zero-order valence-corrected chi connectivity index (χ0v) is 10.1. The molecule has 0 amide bonds. The number of methoxy groups -OCH3 is 1. The lowest BCUT2D eigenvalue weighted by Gasteiger charge is -2.17. The van der Waals surface area contributed by atoms with Crippen molar-refractivity contribution in [2.75, 3.05) is 14.2 Å². The normalized spacial score (nSPS) is 11.5. The zero-order valence-electron chi connectivity index (χ0n) is 10.1. The number of ether oxygens (including phenoxy) is 1. The van der Waals surface area contributed by atoms with Crippen LogP contribution in [0.15, 0.2) is 6.20 Å². The van der Waals surface area contributed by atoms with Gasteiger partial charge in [0.25, 0.3) is 0 Å². The number of hydrogen-bond acceptors (Lipinski definition) is 4. The van der Waals surface area contributed by atoms with Gasteiger partial charge in [-0.1, -0.05) is 20.8 Å². The van der Waals surface area contributed by atoms with Crippen molar-refractivity contribution < 1.29 is 4.74 Å². The predicted octanol–water partition coefficient (Wildman–Crippen LogP) is 1.50. The molecule has 0 fully saturated rings. The maximum Gasteiger partial charge on any atom is 0.220 e. The van der Waals surface area contributed by atoms with Crippen LogP contribution in [-0.2, 0) is 12.0 Å². The number of rotatable bonds is 3. The van der Waals surface area contributed by atoms with E-state index >= 15 is 0 Å². The first-order valence-corrected chi connectivity index (χ1v) is 5.04. The maximum absolute atomic E-state index is 5.24. The van der Waals surface area contributed by atoms with E-state index in [4.69, 9.17) is 4.74 Å². The van der Waals surface area contributed by atoms with E-state index in [0.29, 0.717) is 12.4 Å². The van der Waals surface area contributed by atoms with Crippen LogP contribution in [0.2, 0.25) is 0 Å². The summed E-state index contributed by atoms with van der Waals surface area (Å²) in [6.45, 7) is 6.96. The molecule has 15 heavy (non-hydrogen) atoms. The topological polar surface area (TPSA) is 47.0 Å². The Balaban J connectivity index is 3.08. The van der Waals surface area contributed by atoms with Crippen LogP contribution in [0.1, 0.15) is 32.2 Å². The summed E-state index contributed by atoms with van der Waals surface area (Å²) in [6.07, 6.45) is 1.82. The summed E-state index contributed by atoms with van der Waals surface area (Å²) in [5, 5.41) is 3.06. The highest BCUT2D eigenvalue weighted by Crippen LogP contribution is 2.22. The van der Waals surface area contributed by atoms with Crippen molar-refractivity contribution in [2.45, 2.75) is 32.7 Å². The zero-order chi connectivity index (χ0) is 11.5. The van der Waals surface area contributed by atoms with Crippen LogP contribution in [0.25, 0.3) is 0 Å². The van der Waals surface area contributed by atoms with E-state index in [9.17, 15) is 0 Å². The summed E-state index contributed by atoms with van der Waals surface area (Å²) >= 11 is 0. The van der Waals surface area contributed by atoms with Gasteiger partial charge >= 0.3 is 0 Å².